The van der Waals surface area contributed by atoms with E-state index in [0.29, 0.717) is 16.9 Å². The molecule has 126 valence electrons. The zero-order chi connectivity index (χ0) is 17.4. The molecule has 0 bridgehead atoms. The molecule has 1 aliphatic heterocycles. The van der Waals surface area contributed by atoms with Crippen molar-refractivity contribution in [1.29, 1.82) is 0 Å². The normalized spacial score (nSPS) is 16.4. The van der Waals surface area contributed by atoms with Crippen LogP contribution < -0.4 is 9.47 Å². The Morgan fingerprint density at radius 2 is 2.04 bits per heavy atom. The first-order valence-electron chi connectivity index (χ1n) is 7.77. The van der Waals surface area contributed by atoms with Gasteiger partial charge >= 0.3 is 5.91 Å². The number of aromatic nitrogens is 1. The van der Waals surface area contributed by atoms with Gasteiger partial charge in [0.05, 0.1) is 5.52 Å². The maximum Gasteiger partial charge on any atom is 0.308 e. The first-order valence-corrected chi connectivity index (χ1v) is 7.77. The molecule has 1 atom stereocenters. The molecule has 7 heteroatoms. The number of azo groups is 1. The van der Waals surface area contributed by atoms with Crippen molar-refractivity contribution in [3.63, 3.8) is 0 Å². The lowest BCUT2D eigenvalue weighted by Crippen LogP contribution is -2.35. The maximum absolute atomic E-state index is 12.3. The van der Waals surface area contributed by atoms with Gasteiger partial charge in [-0.05, 0) is 31.2 Å². The number of rotatable bonds is 2. The summed E-state index contributed by atoms with van der Waals surface area (Å²) in [6.45, 7) is 1.99. The van der Waals surface area contributed by atoms with Crippen LogP contribution >= 0.6 is 0 Å². The van der Waals surface area contributed by atoms with Crippen LogP contribution in [0.2, 0.25) is 0 Å². The highest BCUT2D eigenvalue weighted by atomic mass is 16.6. The summed E-state index contributed by atoms with van der Waals surface area (Å²) in [5, 5.41) is 18.3. The molecule has 1 aromatic heterocycles. The average molecular weight is 337 g/mol. The zero-order valence-corrected chi connectivity index (χ0v) is 13.4. The highest BCUT2D eigenvalue weighted by Gasteiger charge is 2.27. The molecule has 0 radical (unpaired) electrons. The summed E-state index contributed by atoms with van der Waals surface area (Å²) in [4.78, 5) is 15.1. The Hall–Kier alpha value is -3.35. The molecule has 2 N–H and O–H groups in total. The Labute approximate surface area is 142 Å². The van der Waals surface area contributed by atoms with E-state index in [-0.39, 0.29) is 18.2 Å². The Morgan fingerprint density at radius 3 is 2.88 bits per heavy atom. The number of para-hydroxylation sites is 2. The number of hydrogen-bond acceptors (Lipinski definition) is 5. The number of H-pyrrole nitrogens is 1. The largest absolute Gasteiger partial charge is 0.493 e. The van der Waals surface area contributed by atoms with E-state index in [0.717, 1.165) is 11.1 Å². The van der Waals surface area contributed by atoms with E-state index in [4.69, 9.17) is 9.47 Å². The number of nitrogens with zero attached hydrogens (tertiary/aromatic N) is 2. The highest BCUT2D eigenvalue weighted by Crippen LogP contribution is 2.36. The molecule has 7 nitrogen and oxygen atoms in total. The second-order valence-corrected chi connectivity index (χ2v) is 5.77. The third-order valence-corrected chi connectivity index (χ3v) is 3.94. The van der Waals surface area contributed by atoms with Gasteiger partial charge in [-0.25, -0.2) is 0 Å². The quantitative estimate of drug-likeness (QED) is 0.698. The van der Waals surface area contributed by atoms with Crippen molar-refractivity contribution in [3.05, 3.63) is 48.0 Å². The fraction of sp³-hybridized carbons (Fsp3) is 0.167. The van der Waals surface area contributed by atoms with E-state index in [1.54, 1.807) is 18.2 Å². The molecule has 2 heterocycles. The minimum Gasteiger partial charge on any atom is -0.493 e. The number of amides is 1. The monoisotopic (exact) mass is 337 g/mol. The third kappa shape index (κ3) is 2.80. The van der Waals surface area contributed by atoms with E-state index >= 15 is 0 Å². The molecular weight excluding hydrogens is 322 g/mol. The number of aromatic amines is 1. The number of carbonyl (C=O) groups excluding carboxylic acids is 1. The predicted octanol–water partition coefficient (Wildman–Crippen LogP) is 3.63. The summed E-state index contributed by atoms with van der Waals surface area (Å²) in [5.74, 6) is 0.375. The van der Waals surface area contributed by atoms with Crippen LogP contribution in [0.1, 0.15) is 5.56 Å². The number of aromatic hydroxyl groups is 1. The topological polar surface area (TPSA) is 96.3 Å². The second-order valence-electron chi connectivity index (χ2n) is 5.77. The summed E-state index contributed by atoms with van der Waals surface area (Å²) in [6.07, 6.45) is -0.868. The summed E-state index contributed by atoms with van der Waals surface area (Å²) in [5.41, 5.74) is 1.95. The molecule has 0 saturated carbocycles. The van der Waals surface area contributed by atoms with Crippen LogP contribution in [0.3, 0.4) is 0 Å². The number of ether oxygens (including phenoxy) is 2. The molecule has 0 aliphatic carbocycles. The molecule has 1 aliphatic rings. The van der Waals surface area contributed by atoms with Gasteiger partial charge in [-0.3, -0.25) is 4.79 Å². The lowest BCUT2D eigenvalue weighted by Gasteiger charge is -2.23. The lowest BCUT2D eigenvalue weighted by molar-refractivity contribution is -0.127. The van der Waals surface area contributed by atoms with Crippen LogP contribution in [0.5, 0.6) is 17.4 Å². The van der Waals surface area contributed by atoms with E-state index in [1.165, 1.54) is 0 Å². The summed E-state index contributed by atoms with van der Waals surface area (Å²) >= 11 is 0. The Morgan fingerprint density at radius 1 is 1.24 bits per heavy atom. The minimum absolute atomic E-state index is 0.0633. The van der Waals surface area contributed by atoms with E-state index in [1.807, 2.05) is 31.2 Å². The Balaban J connectivity index is 1.57. The van der Waals surface area contributed by atoms with E-state index < -0.39 is 12.0 Å². The fourth-order valence-corrected chi connectivity index (χ4v) is 2.68. The van der Waals surface area contributed by atoms with Crippen molar-refractivity contribution in [2.75, 3.05) is 6.61 Å². The van der Waals surface area contributed by atoms with Crippen molar-refractivity contribution >= 4 is 22.5 Å². The average Bonchev–Trinajstić information content (AvgIpc) is 2.93. The van der Waals surface area contributed by atoms with Gasteiger partial charge in [0, 0.05) is 5.39 Å². The molecule has 1 amide bonds. The highest BCUT2D eigenvalue weighted by molar-refractivity contribution is 5.95. The molecule has 25 heavy (non-hydrogen) atoms. The number of carbonyl (C=O) groups is 1. The maximum atomic E-state index is 12.3. The van der Waals surface area contributed by atoms with Crippen molar-refractivity contribution < 1.29 is 19.4 Å². The summed E-state index contributed by atoms with van der Waals surface area (Å²) in [7, 11) is 0. The zero-order valence-electron chi connectivity index (χ0n) is 13.4. The number of hydrogen-bond donors (Lipinski definition) is 2. The van der Waals surface area contributed by atoms with Crippen molar-refractivity contribution in [3.8, 4) is 17.4 Å². The minimum atomic E-state index is -0.868. The predicted molar refractivity (Wildman–Crippen MR) is 90.6 cm³/mol. The summed E-state index contributed by atoms with van der Waals surface area (Å²) in [6, 6.07) is 12.7. The van der Waals surface area contributed by atoms with Gasteiger partial charge in [-0.15, -0.1) is 10.2 Å². The van der Waals surface area contributed by atoms with Gasteiger partial charge < -0.3 is 19.6 Å². The molecule has 1 unspecified atom stereocenters. The van der Waals surface area contributed by atoms with Crippen LogP contribution in [0.15, 0.2) is 52.7 Å². The van der Waals surface area contributed by atoms with Crippen molar-refractivity contribution in [1.82, 2.24) is 4.98 Å². The lowest BCUT2D eigenvalue weighted by atomic mass is 10.2. The van der Waals surface area contributed by atoms with Gasteiger partial charge in [-0.1, -0.05) is 23.8 Å². The summed E-state index contributed by atoms with van der Waals surface area (Å²) < 4.78 is 11.1. The molecule has 0 saturated heterocycles. The van der Waals surface area contributed by atoms with Gasteiger partial charge in [0.2, 0.25) is 12.0 Å². The van der Waals surface area contributed by atoms with Gasteiger partial charge in [-0.2, -0.15) is 0 Å². The smallest absolute Gasteiger partial charge is 0.308 e. The molecule has 4 rings (SSSR count). The van der Waals surface area contributed by atoms with Crippen molar-refractivity contribution in [2.45, 2.75) is 13.0 Å². The fourth-order valence-electron chi connectivity index (χ4n) is 2.68. The number of aryl methyl sites for hydroxylation is 1. The molecule has 2 aromatic carbocycles. The van der Waals surface area contributed by atoms with E-state index in [2.05, 4.69) is 15.2 Å². The number of benzene rings is 2. The van der Waals surface area contributed by atoms with Crippen molar-refractivity contribution in [2.24, 2.45) is 10.2 Å². The Kier molecular flexibility index (Phi) is 3.61. The van der Waals surface area contributed by atoms with Gasteiger partial charge in [0.25, 0.3) is 0 Å². The number of fused-ring (bicyclic) bond motifs is 2. The molecule has 3 aromatic rings. The first-order chi connectivity index (χ1) is 12.1. The molecular formula is C18H15N3O4. The molecule has 0 fully saturated rings. The van der Waals surface area contributed by atoms with Crippen LogP contribution in [0.25, 0.3) is 10.9 Å². The Bertz CT molecular complexity index is 993. The van der Waals surface area contributed by atoms with Gasteiger partial charge in [0.15, 0.2) is 17.2 Å². The second kappa shape index (κ2) is 5.94. The van der Waals surface area contributed by atoms with Crippen LogP contribution in [0, 0.1) is 6.92 Å². The van der Waals surface area contributed by atoms with E-state index in [9.17, 15) is 9.90 Å². The van der Waals surface area contributed by atoms with Crippen LogP contribution in [0.4, 0.5) is 5.69 Å². The first kappa shape index (κ1) is 15.2. The SMILES string of the molecule is Cc1ccc2[nH]c(O)c(N=NC(=O)C3COc4ccccc4O3)c2c1. The van der Waals surface area contributed by atoms with Crippen LogP contribution in [-0.4, -0.2) is 28.7 Å². The third-order valence-electron chi connectivity index (χ3n) is 3.94. The van der Waals surface area contributed by atoms with Crippen LogP contribution in [-0.2, 0) is 4.79 Å². The standard InChI is InChI=1S/C18H15N3O4/c1-10-6-7-12-11(8-10)16(18(23)19-12)20-21-17(22)15-9-24-13-4-2-3-5-14(13)25-15/h2-8,15,19,23H,9H2,1H3. The molecule has 0 spiro atoms. The van der Waals surface area contributed by atoms with Gasteiger partial charge in [0.1, 0.15) is 6.61 Å². The number of nitrogens with one attached hydrogen (secondary N) is 1.